The Balaban J connectivity index is 2.69. The minimum Gasteiger partial charge on any atom is -0.242 e. The lowest BCUT2D eigenvalue weighted by molar-refractivity contribution is 0.209. The molecule has 1 saturated carbocycles. The van der Waals surface area contributed by atoms with Crippen LogP contribution in [-0.2, 0) is 11.0 Å². The van der Waals surface area contributed by atoms with Crippen molar-refractivity contribution in [2.24, 2.45) is 5.92 Å². The molecule has 0 saturated heterocycles. The summed E-state index contributed by atoms with van der Waals surface area (Å²) in [5.74, 6) is 0.838. The molecule has 1 fully saturated rings. The Morgan fingerprint density at radius 3 is 2.28 bits per heavy atom. The van der Waals surface area contributed by atoms with Gasteiger partial charge in [-0.05, 0) is 58.8 Å². The van der Waals surface area contributed by atoms with E-state index in [-0.39, 0.29) is 10.3 Å². The molecule has 2 nitrogen and oxygen atoms in total. The average molecular weight is 273 g/mol. The van der Waals surface area contributed by atoms with E-state index in [1.54, 1.807) is 0 Å². The molecule has 0 bridgehead atoms. The van der Waals surface area contributed by atoms with Gasteiger partial charge >= 0.3 is 0 Å². The van der Waals surface area contributed by atoms with Gasteiger partial charge in [0.25, 0.3) is 0 Å². The molecule has 0 aromatic rings. The number of nitrogens with one attached hydrogen (secondary N) is 1. The van der Waals surface area contributed by atoms with Crippen molar-refractivity contribution in [1.82, 2.24) is 4.72 Å². The van der Waals surface area contributed by atoms with Crippen molar-refractivity contribution in [3.63, 3.8) is 0 Å². The third-order valence-corrected chi connectivity index (χ3v) is 5.84. The van der Waals surface area contributed by atoms with Gasteiger partial charge in [-0.3, -0.25) is 0 Å². The van der Waals surface area contributed by atoms with Crippen LogP contribution >= 0.6 is 0 Å². The standard InChI is InChI=1S/C15H31NOS/c1-6-7-10-15(11-8-13(2)9-12-15)16-18(17)14(3,4)5/h13,16H,6-12H2,1-5H3. The van der Waals surface area contributed by atoms with Gasteiger partial charge in [-0.15, -0.1) is 0 Å². The Labute approximate surface area is 116 Å². The monoisotopic (exact) mass is 273 g/mol. The van der Waals surface area contributed by atoms with Crippen molar-refractivity contribution in [2.75, 3.05) is 0 Å². The van der Waals surface area contributed by atoms with E-state index in [1.807, 2.05) is 0 Å². The quantitative estimate of drug-likeness (QED) is 0.800. The molecule has 1 aliphatic rings. The molecule has 0 spiro atoms. The molecule has 0 radical (unpaired) electrons. The predicted molar refractivity (Wildman–Crippen MR) is 80.9 cm³/mol. The maximum Gasteiger partial charge on any atom is 0.0975 e. The van der Waals surface area contributed by atoms with Crippen LogP contribution in [0.25, 0.3) is 0 Å². The van der Waals surface area contributed by atoms with E-state index in [2.05, 4.69) is 39.3 Å². The van der Waals surface area contributed by atoms with Crippen molar-refractivity contribution < 1.29 is 4.21 Å². The highest BCUT2D eigenvalue weighted by atomic mass is 32.2. The lowest BCUT2D eigenvalue weighted by Gasteiger charge is -2.41. The van der Waals surface area contributed by atoms with Gasteiger partial charge in [0, 0.05) is 5.54 Å². The Kier molecular flexibility index (Phi) is 5.85. The summed E-state index contributed by atoms with van der Waals surface area (Å²) in [6.45, 7) is 10.7. The van der Waals surface area contributed by atoms with Crippen LogP contribution < -0.4 is 4.72 Å². The average Bonchev–Trinajstić information content (AvgIpc) is 2.29. The Hall–Kier alpha value is 0.110. The van der Waals surface area contributed by atoms with E-state index >= 15 is 0 Å². The second-order valence-corrected chi connectivity index (χ2v) is 9.02. The molecule has 1 N–H and O–H groups in total. The Morgan fingerprint density at radius 2 is 1.83 bits per heavy atom. The summed E-state index contributed by atoms with van der Waals surface area (Å²) in [4.78, 5) is 0. The fraction of sp³-hybridized carbons (Fsp3) is 1.00. The SMILES string of the molecule is CCCCC1(NS(=O)C(C)(C)C)CCC(C)CC1. The Bertz CT molecular complexity index is 269. The van der Waals surface area contributed by atoms with Crippen LogP contribution in [-0.4, -0.2) is 14.5 Å². The molecule has 0 aromatic carbocycles. The third-order valence-electron chi connectivity index (χ3n) is 4.11. The van der Waals surface area contributed by atoms with Gasteiger partial charge in [0.15, 0.2) is 0 Å². The fourth-order valence-corrected chi connectivity index (χ4v) is 3.59. The zero-order chi connectivity index (χ0) is 13.8. The lowest BCUT2D eigenvalue weighted by Crippen LogP contribution is -2.52. The van der Waals surface area contributed by atoms with Crippen molar-refractivity contribution in [3.05, 3.63) is 0 Å². The summed E-state index contributed by atoms with van der Waals surface area (Å²) >= 11 is 0. The van der Waals surface area contributed by atoms with Crippen molar-refractivity contribution in [1.29, 1.82) is 0 Å². The molecule has 3 heteroatoms. The van der Waals surface area contributed by atoms with Gasteiger partial charge in [-0.25, -0.2) is 8.93 Å². The van der Waals surface area contributed by atoms with Crippen LogP contribution in [0.15, 0.2) is 0 Å². The van der Waals surface area contributed by atoms with Crippen LogP contribution in [0.1, 0.15) is 79.6 Å². The summed E-state index contributed by atoms with van der Waals surface area (Å²) in [6.07, 6.45) is 8.57. The molecule has 18 heavy (non-hydrogen) atoms. The summed E-state index contributed by atoms with van der Waals surface area (Å²) in [7, 11) is -0.939. The second-order valence-electron chi connectivity index (χ2n) is 7.05. The third kappa shape index (κ3) is 4.65. The molecule has 0 heterocycles. The molecule has 0 aliphatic heterocycles. The molecule has 1 rings (SSSR count). The largest absolute Gasteiger partial charge is 0.242 e. The van der Waals surface area contributed by atoms with Gasteiger partial charge in [-0.2, -0.15) is 0 Å². The summed E-state index contributed by atoms with van der Waals surface area (Å²) in [6, 6.07) is 0. The van der Waals surface area contributed by atoms with Crippen LogP contribution in [0.4, 0.5) is 0 Å². The van der Waals surface area contributed by atoms with E-state index < -0.39 is 11.0 Å². The molecule has 0 amide bonds. The maximum absolute atomic E-state index is 12.4. The second kappa shape index (κ2) is 6.51. The van der Waals surface area contributed by atoms with Crippen LogP contribution in [0, 0.1) is 5.92 Å². The van der Waals surface area contributed by atoms with Crippen LogP contribution in [0.2, 0.25) is 0 Å². The zero-order valence-corrected chi connectivity index (χ0v) is 13.7. The number of hydrogen-bond acceptors (Lipinski definition) is 1. The highest BCUT2D eigenvalue weighted by Crippen LogP contribution is 2.36. The molecule has 1 atom stereocenters. The van der Waals surface area contributed by atoms with E-state index in [9.17, 15) is 4.21 Å². The smallest absolute Gasteiger partial charge is 0.0975 e. The predicted octanol–water partition coefficient (Wildman–Crippen LogP) is 4.18. The molecular formula is C15H31NOS. The number of unbranched alkanes of at least 4 members (excludes halogenated alkanes) is 1. The van der Waals surface area contributed by atoms with Gasteiger partial charge in [0.05, 0.1) is 15.7 Å². The lowest BCUT2D eigenvalue weighted by atomic mass is 9.75. The molecule has 1 aliphatic carbocycles. The first-order valence-corrected chi connectivity index (χ1v) is 8.64. The molecule has 1 unspecified atom stereocenters. The van der Waals surface area contributed by atoms with Crippen LogP contribution in [0.3, 0.4) is 0 Å². The van der Waals surface area contributed by atoms with Gasteiger partial charge < -0.3 is 0 Å². The number of hydrogen-bond donors (Lipinski definition) is 1. The van der Waals surface area contributed by atoms with E-state index in [0.29, 0.717) is 0 Å². The summed E-state index contributed by atoms with van der Waals surface area (Å²) in [5.41, 5.74) is 0.140. The molecule has 0 aromatic heterocycles. The van der Waals surface area contributed by atoms with Crippen LogP contribution in [0.5, 0.6) is 0 Å². The summed E-state index contributed by atoms with van der Waals surface area (Å²) in [5, 5.41) is 0. The minimum atomic E-state index is -0.939. The van der Waals surface area contributed by atoms with E-state index in [4.69, 9.17) is 0 Å². The normalized spacial score (nSPS) is 31.3. The van der Waals surface area contributed by atoms with Gasteiger partial charge in [0.2, 0.25) is 0 Å². The summed E-state index contributed by atoms with van der Waals surface area (Å²) < 4.78 is 15.7. The van der Waals surface area contributed by atoms with Crippen molar-refractivity contribution >= 4 is 11.0 Å². The van der Waals surface area contributed by atoms with Gasteiger partial charge in [-0.1, -0.05) is 26.7 Å². The zero-order valence-electron chi connectivity index (χ0n) is 12.8. The van der Waals surface area contributed by atoms with E-state index in [1.165, 1.54) is 44.9 Å². The van der Waals surface area contributed by atoms with Crippen molar-refractivity contribution in [3.8, 4) is 0 Å². The minimum absolute atomic E-state index is 0.140. The van der Waals surface area contributed by atoms with Crippen molar-refractivity contribution in [2.45, 2.75) is 89.9 Å². The first-order chi connectivity index (χ1) is 8.29. The maximum atomic E-state index is 12.4. The first-order valence-electron chi connectivity index (χ1n) is 7.49. The topological polar surface area (TPSA) is 29.1 Å². The van der Waals surface area contributed by atoms with Gasteiger partial charge in [0.1, 0.15) is 0 Å². The molecular weight excluding hydrogens is 242 g/mol. The number of rotatable bonds is 5. The fourth-order valence-electron chi connectivity index (χ4n) is 2.58. The van der Waals surface area contributed by atoms with E-state index in [0.717, 1.165) is 5.92 Å². The molecule has 108 valence electrons. The highest BCUT2D eigenvalue weighted by Gasteiger charge is 2.36. The highest BCUT2D eigenvalue weighted by molar-refractivity contribution is 7.84. The Morgan fingerprint density at radius 1 is 1.28 bits per heavy atom. The first kappa shape index (κ1) is 16.2.